The first-order chi connectivity index (χ1) is 7.13. The van der Waals surface area contributed by atoms with Crippen LogP contribution < -0.4 is 0 Å². The van der Waals surface area contributed by atoms with E-state index in [1.54, 1.807) is 14.2 Å². The second kappa shape index (κ2) is 5.96. The van der Waals surface area contributed by atoms with E-state index < -0.39 is 8.56 Å². The lowest BCUT2D eigenvalue weighted by molar-refractivity contribution is 0.134. The topological polar surface area (TPSA) is 24.9 Å². The van der Waals surface area contributed by atoms with Crippen LogP contribution in [0.15, 0.2) is 0 Å². The highest BCUT2D eigenvalue weighted by Gasteiger charge is 2.32. The molecule has 1 rings (SSSR count). The van der Waals surface area contributed by atoms with Crippen LogP contribution in [0.2, 0.25) is 6.55 Å². The Morgan fingerprint density at radius 3 is 1.87 bits per heavy atom. The first kappa shape index (κ1) is 13.1. The third-order valence-electron chi connectivity index (χ3n) is 3.29. The van der Waals surface area contributed by atoms with Crippen molar-refractivity contribution in [2.75, 3.05) is 53.1 Å². The van der Waals surface area contributed by atoms with Gasteiger partial charge in [-0.05, 0) is 13.1 Å². The van der Waals surface area contributed by atoms with Crippen LogP contribution in [0.3, 0.4) is 0 Å². The molecule has 0 radical (unpaired) electrons. The van der Waals surface area contributed by atoms with Gasteiger partial charge in [0, 0.05) is 46.6 Å². The molecule has 0 saturated carbocycles. The van der Waals surface area contributed by atoms with Crippen LogP contribution >= 0.6 is 0 Å². The fraction of sp³-hybridized carbons (Fsp3) is 1.00. The maximum Gasteiger partial charge on any atom is 0.348 e. The van der Waals surface area contributed by atoms with Crippen molar-refractivity contribution in [3.05, 3.63) is 0 Å². The van der Waals surface area contributed by atoms with E-state index in [1.807, 2.05) is 0 Å². The summed E-state index contributed by atoms with van der Waals surface area (Å²) in [6, 6.07) is 0. The van der Waals surface area contributed by atoms with E-state index in [9.17, 15) is 0 Å². The van der Waals surface area contributed by atoms with Gasteiger partial charge in [-0.2, -0.15) is 0 Å². The SMILES string of the molecule is CCN1CCN(C[Si](C)(OC)OC)CC1. The Bertz CT molecular complexity index is 180. The highest BCUT2D eigenvalue weighted by atomic mass is 28.4. The second-order valence-corrected chi connectivity index (χ2v) is 7.65. The van der Waals surface area contributed by atoms with E-state index in [-0.39, 0.29) is 0 Å². The van der Waals surface area contributed by atoms with E-state index in [2.05, 4.69) is 23.3 Å². The predicted molar refractivity (Wildman–Crippen MR) is 64.2 cm³/mol. The van der Waals surface area contributed by atoms with Gasteiger partial charge in [0.2, 0.25) is 0 Å². The number of piperazine rings is 1. The molecule has 1 aliphatic rings. The molecule has 0 bridgehead atoms. The highest BCUT2D eigenvalue weighted by molar-refractivity contribution is 6.66. The zero-order chi connectivity index (χ0) is 11.3. The largest absolute Gasteiger partial charge is 0.397 e. The smallest absolute Gasteiger partial charge is 0.348 e. The molecular weight excluding hydrogens is 208 g/mol. The Labute approximate surface area is 94.4 Å². The van der Waals surface area contributed by atoms with Crippen LogP contribution in [0.1, 0.15) is 6.92 Å². The van der Waals surface area contributed by atoms with Gasteiger partial charge in [0.15, 0.2) is 0 Å². The van der Waals surface area contributed by atoms with Crippen molar-refractivity contribution in [2.24, 2.45) is 0 Å². The van der Waals surface area contributed by atoms with Gasteiger partial charge in [-0.1, -0.05) is 6.92 Å². The van der Waals surface area contributed by atoms with E-state index in [1.165, 1.54) is 13.1 Å². The highest BCUT2D eigenvalue weighted by Crippen LogP contribution is 2.09. The molecule has 4 nitrogen and oxygen atoms in total. The number of nitrogens with zero attached hydrogens (tertiary/aromatic N) is 2. The maximum atomic E-state index is 5.50. The van der Waals surface area contributed by atoms with Gasteiger partial charge in [-0.25, -0.2) is 0 Å². The number of hydrogen-bond donors (Lipinski definition) is 0. The average Bonchev–Trinajstić information content (AvgIpc) is 2.30. The summed E-state index contributed by atoms with van der Waals surface area (Å²) in [5, 5.41) is 0. The summed E-state index contributed by atoms with van der Waals surface area (Å²) in [6.07, 6.45) is 0.984. The summed E-state index contributed by atoms with van der Waals surface area (Å²) < 4.78 is 11.0. The van der Waals surface area contributed by atoms with Gasteiger partial charge in [-0.15, -0.1) is 0 Å². The van der Waals surface area contributed by atoms with Crippen LogP contribution in [0.5, 0.6) is 0 Å². The van der Waals surface area contributed by atoms with Crippen LogP contribution in [0, 0.1) is 0 Å². The Morgan fingerprint density at radius 1 is 1.00 bits per heavy atom. The first-order valence-corrected chi connectivity index (χ1v) is 8.21. The number of rotatable bonds is 5. The molecule has 1 aliphatic heterocycles. The van der Waals surface area contributed by atoms with Crippen molar-refractivity contribution < 1.29 is 8.85 Å². The summed E-state index contributed by atoms with van der Waals surface area (Å²) in [5.41, 5.74) is 0. The molecule has 1 saturated heterocycles. The van der Waals surface area contributed by atoms with Gasteiger partial charge in [-0.3, -0.25) is 4.90 Å². The van der Waals surface area contributed by atoms with Gasteiger partial charge in [0.1, 0.15) is 0 Å². The van der Waals surface area contributed by atoms with E-state index in [0.29, 0.717) is 0 Å². The van der Waals surface area contributed by atoms with E-state index >= 15 is 0 Å². The van der Waals surface area contributed by atoms with Crippen molar-refractivity contribution >= 4 is 8.56 Å². The van der Waals surface area contributed by atoms with Crippen LogP contribution in [0.4, 0.5) is 0 Å². The van der Waals surface area contributed by atoms with Gasteiger partial charge in [0.05, 0.1) is 0 Å². The van der Waals surface area contributed by atoms with Crippen molar-refractivity contribution in [2.45, 2.75) is 13.5 Å². The lowest BCUT2D eigenvalue weighted by Gasteiger charge is -2.37. The van der Waals surface area contributed by atoms with Crippen LogP contribution in [-0.2, 0) is 8.85 Å². The number of likely N-dealkylation sites (N-methyl/N-ethyl adjacent to an activating group) is 1. The lowest BCUT2D eigenvalue weighted by atomic mass is 10.3. The summed E-state index contributed by atoms with van der Waals surface area (Å²) in [6.45, 7) is 10.1. The molecule has 1 heterocycles. The molecule has 0 aliphatic carbocycles. The summed E-state index contributed by atoms with van der Waals surface area (Å²) in [4.78, 5) is 4.94. The van der Waals surface area contributed by atoms with E-state index in [0.717, 1.165) is 25.8 Å². The molecule has 0 amide bonds. The standard InChI is InChI=1S/C10H24N2O2Si/c1-5-11-6-8-12(9-7-11)10-15(4,13-2)14-3/h5-10H2,1-4H3. The fourth-order valence-corrected chi connectivity index (χ4v) is 3.44. The molecule has 15 heavy (non-hydrogen) atoms. The summed E-state index contributed by atoms with van der Waals surface area (Å²) in [7, 11) is 1.61. The quantitative estimate of drug-likeness (QED) is 0.646. The molecule has 0 aromatic heterocycles. The molecule has 0 atom stereocenters. The maximum absolute atomic E-state index is 5.50. The van der Waals surface area contributed by atoms with E-state index in [4.69, 9.17) is 8.85 Å². The third-order valence-corrected chi connectivity index (χ3v) is 6.04. The predicted octanol–water partition coefficient (Wildman–Crippen LogP) is 0.528. The van der Waals surface area contributed by atoms with Gasteiger partial charge >= 0.3 is 8.56 Å². The van der Waals surface area contributed by atoms with Crippen molar-refractivity contribution in [3.8, 4) is 0 Å². The zero-order valence-electron chi connectivity index (χ0n) is 10.5. The molecule has 5 heteroatoms. The fourth-order valence-electron chi connectivity index (χ4n) is 1.88. The molecular formula is C10H24N2O2Si. The normalized spacial score (nSPS) is 20.8. The summed E-state index contributed by atoms with van der Waals surface area (Å²) >= 11 is 0. The van der Waals surface area contributed by atoms with Crippen molar-refractivity contribution in [1.29, 1.82) is 0 Å². The molecule has 90 valence electrons. The molecule has 0 aromatic carbocycles. The lowest BCUT2D eigenvalue weighted by Crippen LogP contribution is -2.54. The zero-order valence-corrected chi connectivity index (χ0v) is 11.5. The molecule has 0 N–H and O–H groups in total. The first-order valence-electron chi connectivity index (χ1n) is 5.68. The molecule has 0 spiro atoms. The second-order valence-electron chi connectivity index (χ2n) is 4.25. The van der Waals surface area contributed by atoms with Gasteiger partial charge in [0.25, 0.3) is 0 Å². The minimum Gasteiger partial charge on any atom is -0.397 e. The Kier molecular flexibility index (Phi) is 5.21. The van der Waals surface area contributed by atoms with Crippen molar-refractivity contribution in [1.82, 2.24) is 9.80 Å². The average molecular weight is 232 g/mol. The van der Waals surface area contributed by atoms with Crippen LogP contribution in [0.25, 0.3) is 0 Å². The Morgan fingerprint density at radius 2 is 1.47 bits per heavy atom. The van der Waals surface area contributed by atoms with Crippen LogP contribution in [-0.4, -0.2) is 71.5 Å². The summed E-state index contributed by atoms with van der Waals surface area (Å²) in [5.74, 6) is 0. The van der Waals surface area contributed by atoms with Gasteiger partial charge < -0.3 is 13.8 Å². The monoisotopic (exact) mass is 232 g/mol. The molecule has 0 aromatic rings. The Hall–Kier alpha value is 0.0569. The molecule has 0 unspecified atom stereocenters. The number of hydrogen-bond acceptors (Lipinski definition) is 4. The Balaban J connectivity index is 2.34. The minimum absolute atomic E-state index is 0.984. The molecule has 1 fully saturated rings. The van der Waals surface area contributed by atoms with Crippen molar-refractivity contribution in [3.63, 3.8) is 0 Å². The minimum atomic E-state index is -1.91. The third kappa shape index (κ3) is 3.84.